The fourth-order valence-electron chi connectivity index (χ4n) is 7.31. The van der Waals surface area contributed by atoms with Crippen molar-refractivity contribution in [1.29, 1.82) is 0 Å². The van der Waals surface area contributed by atoms with E-state index in [1.807, 2.05) is 60.7 Å². The van der Waals surface area contributed by atoms with Crippen LogP contribution in [0.5, 0.6) is 11.6 Å². The van der Waals surface area contributed by atoms with Crippen molar-refractivity contribution in [2.45, 2.75) is 37.7 Å². The van der Waals surface area contributed by atoms with E-state index in [2.05, 4.69) is 21.1 Å². The number of nitrogens with zero attached hydrogens (tertiary/aromatic N) is 2. The molecule has 9 nitrogen and oxygen atoms in total. The zero-order chi connectivity index (χ0) is 32.3. The number of halogens is 2. The van der Waals surface area contributed by atoms with Crippen LogP contribution in [0.1, 0.15) is 55.6 Å². The Bertz CT molecular complexity index is 1860. The van der Waals surface area contributed by atoms with Crippen LogP contribution in [0.3, 0.4) is 0 Å². The van der Waals surface area contributed by atoms with Crippen molar-refractivity contribution in [1.82, 2.24) is 10.1 Å². The van der Waals surface area contributed by atoms with Gasteiger partial charge in [0.05, 0.1) is 22.5 Å². The maximum atomic E-state index is 14.5. The molecule has 0 spiro atoms. The molecule has 236 valence electrons. The van der Waals surface area contributed by atoms with Gasteiger partial charge in [-0.25, -0.2) is 0 Å². The highest BCUT2D eigenvalue weighted by Gasteiger charge is 2.67. The van der Waals surface area contributed by atoms with Gasteiger partial charge < -0.3 is 19.1 Å². The second-order valence-electron chi connectivity index (χ2n) is 12.3. The van der Waals surface area contributed by atoms with E-state index in [1.165, 1.54) is 0 Å². The van der Waals surface area contributed by atoms with Crippen molar-refractivity contribution < 1.29 is 33.5 Å². The second-order valence-corrected chi connectivity index (χ2v) is 13.5. The quantitative estimate of drug-likeness (QED) is 0.230. The Morgan fingerprint density at radius 1 is 1.00 bits per heavy atom. The fraction of sp³-hybridized carbons (Fsp3) is 0.314. The molecule has 3 aromatic carbocycles. The number of rotatable bonds is 7. The highest BCUT2D eigenvalue weighted by Crippen LogP contribution is 2.56. The predicted molar refractivity (Wildman–Crippen MR) is 171 cm³/mol. The molecule has 5 atom stereocenters. The Labute approximate surface area is 278 Å². The van der Waals surface area contributed by atoms with E-state index in [0.29, 0.717) is 15.1 Å². The lowest BCUT2D eigenvalue weighted by atomic mass is 9.54. The Morgan fingerprint density at radius 3 is 2.26 bits per heavy atom. The Kier molecular flexibility index (Phi) is 7.87. The maximum Gasteiger partial charge on any atom is 0.265 e. The monoisotopic (exact) mass is 704 g/mol. The number of ether oxygens (including phenoxy) is 2. The lowest BCUT2D eigenvalue weighted by Crippen LogP contribution is -2.66. The van der Waals surface area contributed by atoms with Gasteiger partial charge in [-0.1, -0.05) is 72.3 Å². The van der Waals surface area contributed by atoms with Crippen LogP contribution in [0.4, 0.5) is 0 Å². The van der Waals surface area contributed by atoms with Crippen molar-refractivity contribution in [3.63, 3.8) is 0 Å². The van der Waals surface area contributed by atoms with Gasteiger partial charge in [-0.05, 0) is 76.7 Å². The van der Waals surface area contributed by atoms with Crippen molar-refractivity contribution in [2.75, 3.05) is 14.1 Å². The van der Waals surface area contributed by atoms with Crippen LogP contribution in [-0.4, -0.2) is 52.2 Å². The lowest BCUT2D eigenvalue weighted by molar-refractivity contribution is -0.153. The van der Waals surface area contributed by atoms with Crippen LogP contribution in [-0.2, 0) is 24.4 Å². The molecule has 5 unspecified atom stereocenters. The molecule has 3 aliphatic rings. The summed E-state index contributed by atoms with van der Waals surface area (Å²) in [6.07, 6.45) is 0.475. The number of carbonyl (C=O) groups is 3. The zero-order valence-corrected chi connectivity index (χ0v) is 27.4. The third-order valence-corrected chi connectivity index (χ3v) is 10.7. The summed E-state index contributed by atoms with van der Waals surface area (Å²) < 4.78 is 18.3. The van der Waals surface area contributed by atoms with Crippen molar-refractivity contribution >= 4 is 44.9 Å². The van der Waals surface area contributed by atoms with Crippen LogP contribution in [0, 0.1) is 17.8 Å². The first-order chi connectivity index (χ1) is 22.1. The molecule has 4 aromatic rings. The minimum Gasteiger partial charge on any atom is -0.488 e. The number of aromatic nitrogens is 1. The van der Waals surface area contributed by atoms with Gasteiger partial charge in [0.1, 0.15) is 24.5 Å². The first kappa shape index (κ1) is 30.8. The van der Waals surface area contributed by atoms with E-state index in [0.717, 1.165) is 11.1 Å². The first-order valence-electron chi connectivity index (χ1n) is 15.0. The van der Waals surface area contributed by atoms with Crippen LogP contribution in [0.25, 0.3) is 0 Å². The van der Waals surface area contributed by atoms with Crippen molar-refractivity contribution in [3.05, 3.63) is 110 Å². The molecule has 0 bridgehead atoms. The molecule has 1 N–H and O–H groups in total. The number of ketones is 3. The van der Waals surface area contributed by atoms with Crippen molar-refractivity contribution in [2.24, 2.45) is 17.8 Å². The van der Waals surface area contributed by atoms with Gasteiger partial charge in [-0.2, -0.15) is 0 Å². The second kappa shape index (κ2) is 11.8. The number of fused-ring (bicyclic) bond motifs is 4. The molecule has 0 saturated heterocycles. The van der Waals surface area contributed by atoms with Gasteiger partial charge in [-0.15, -0.1) is 0 Å². The number of hydrogen-bond donors (Lipinski definition) is 1. The average molecular weight is 706 g/mol. The minimum absolute atomic E-state index is 0.0808. The molecule has 1 heterocycles. The lowest BCUT2D eigenvalue weighted by Gasteiger charge is -2.51. The van der Waals surface area contributed by atoms with Gasteiger partial charge >= 0.3 is 0 Å². The van der Waals surface area contributed by atoms with E-state index in [9.17, 15) is 19.5 Å². The Morgan fingerprint density at radius 2 is 1.63 bits per heavy atom. The van der Waals surface area contributed by atoms with E-state index >= 15 is 0 Å². The fourth-order valence-corrected chi connectivity index (χ4v) is 7.98. The molecule has 0 aliphatic heterocycles. The molecule has 0 amide bonds. The first-order valence-corrected chi connectivity index (χ1v) is 16.1. The summed E-state index contributed by atoms with van der Waals surface area (Å²) in [7, 11) is 3.56. The number of carbonyl (C=O) groups excluding carboxylic acids is 3. The number of hydrogen-bond acceptors (Lipinski definition) is 9. The van der Waals surface area contributed by atoms with Crippen LogP contribution < -0.4 is 9.47 Å². The molecular formula is C35H30BrClN2O7. The highest BCUT2D eigenvalue weighted by atomic mass is 79.9. The topological polar surface area (TPSA) is 119 Å². The van der Waals surface area contributed by atoms with Gasteiger partial charge in [0.15, 0.2) is 22.9 Å². The maximum absolute atomic E-state index is 14.5. The standard InChI is InChI=1S/C35H30BrClN2O7/c1-39(2)29-22-14-20-13-21-26(24(15-23(36)28(21)37)44-16-18-9-5-3-6-10-18)30(40)25(20)32(41)35(22,43)33(42)27-31(29)46-38-34(27)45-17-19-11-7-4-8-12-19/h3-12,15,20,22,25,29,43H,13-14,16-17H2,1-2H3. The number of aliphatic hydroxyl groups is 1. The molecule has 1 saturated carbocycles. The Balaban J connectivity index is 1.27. The summed E-state index contributed by atoms with van der Waals surface area (Å²) in [4.78, 5) is 44.9. The summed E-state index contributed by atoms with van der Waals surface area (Å²) in [5.41, 5.74) is -0.0807. The van der Waals surface area contributed by atoms with E-state index in [-0.39, 0.29) is 54.6 Å². The molecule has 3 aliphatic carbocycles. The Hall–Kier alpha value is -3.83. The summed E-state index contributed by atoms with van der Waals surface area (Å²) in [6.45, 7) is 0.283. The summed E-state index contributed by atoms with van der Waals surface area (Å²) in [5.74, 6) is -4.52. The summed E-state index contributed by atoms with van der Waals surface area (Å²) >= 11 is 10.3. The van der Waals surface area contributed by atoms with E-state index in [4.69, 9.17) is 25.6 Å². The SMILES string of the molecule is CN(C)C1c2onc(OCc3ccccc3)c2C(=O)C2(O)C(=O)C3C(=O)c4c(OCc5ccccc5)cc(Br)c(Cl)c4CC3CC12. The molecule has 7 rings (SSSR count). The molecule has 0 radical (unpaired) electrons. The average Bonchev–Trinajstić information content (AvgIpc) is 3.47. The van der Waals surface area contributed by atoms with E-state index in [1.54, 1.807) is 25.1 Å². The molecule has 11 heteroatoms. The van der Waals surface area contributed by atoms with Gasteiger partial charge in [-0.3, -0.25) is 19.3 Å². The smallest absolute Gasteiger partial charge is 0.265 e. The highest BCUT2D eigenvalue weighted by molar-refractivity contribution is 9.10. The van der Waals surface area contributed by atoms with Gasteiger partial charge in [0.2, 0.25) is 5.78 Å². The third kappa shape index (κ3) is 4.81. The summed E-state index contributed by atoms with van der Waals surface area (Å²) in [5, 5.41) is 16.7. The largest absolute Gasteiger partial charge is 0.488 e. The third-order valence-electron chi connectivity index (χ3n) is 9.42. The molecule has 1 aromatic heterocycles. The van der Waals surface area contributed by atoms with Crippen LogP contribution in [0.2, 0.25) is 5.02 Å². The minimum atomic E-state index is -2.50. The zero-order valence-electron chi connectivity index (χ0n) is 25.0. The molecular weight excluding hydrogens is 676 g/mol. The van der Waals surface area contributed by atoms with Gasteiger partial charge in [0, 0.05) is 10.4 Å². The van der Waals surface area contributed by atoms with E-state index < -0.39 is 46.7 Å². The number of Topliss-reactive ketones (excluding diaryl/α,β-unsaturated/α-hetero) is 3. The normalized spacial score (nSPS) is 25.0. The predicted octanol–water partition coefficient (Wildman–Crippen LogP) is 6.04. The van der Waals surface area contributed by atoms with Crippen LogP contribution in [0.15, 0.2) is 75.7 Å². The van der Waals surface area contributed by atoms with Crippen LogP contribution >= 0.6 is 27.5 Å². The number of benzene rings is 3. The molecule has 46 heavy (non-hydrogen) atoms. The van der Waals surface area contributed by atoms with Gasteiger partial charge in [0.25, 0.3) is 5.88 Å². The summed E-state index contributed by atoms with van der Waals surface area (Å²) in [6, 6.07) is 19.7. The van der Waals surface area contributed by atoms with Crippen molar-refractivity contribution in [3.8, 4) is 11.6 Å². The molecule has 1 fully saturated rings.